The molecule has 0 amide bonds. The van der Waals surface area contributed by atoms with Gasteiger partial charge in [0, 0.05) is 80.3 Å². The van der Waals surface area contributed by atoms with Crippen LogP contribution in [0.4, 0.5) is 8.78 Å². The lowest BCUT2D eigenvalue weighted by atomic mass is 9.94. The average Bonchev–Trinajstić information content (AvgIpc) is 3.50. The number of hydrogen-bond donors (Lipinski definition) is 0. The molecule has 1 aliphatic rings. The first-order chi connectivity index (χ1) is 23.9. The Balaban J connectivity index is 1.52. The Morgan fingerprint density at radius 2 is 1.50 bits per heavy atom. The molecule has 3 aromatic carbocycles. The van der Waals surface area contributed by atoms with Crippen LogP contribution in [0.15, 0.2) is 106 Å². The number of rotatable bonds is 7. The molecular weight excluding hydrogens is 663 g/mol. The van der Waals surface area contributed by atoms with E-state index in [1.165, 1.54) is 40.4 Å². The van der Waals surface area contributed by atoms with Gasteiger partial charge in [0.05, 0.1) is 23.8 Å². The summed E-state index contributed by atoms with van der Waals surface area (Å²) in [6.07, 6.45) is 3.26. The molecule has 0 saturated carbocycles. The molecule has 1 aliphatic heterocycles. The fraction of sp³-hybridized carbons (Fsp3) is 0.211. The van der Waals surface area contributed by atoms with Crippen LogP contribution in [0, 0.1) is 18.6 Å². The average molecular weight is 697 g/mol. The molecule has 6 aromatic rings. The second-order valence-electron chi connectivity index (χ2n) is 12.6. The van der Waals surface area contributed by atoms with Crippen LogP contribution in [-0.4, -0.2) is 52.7 Å². The van der Waals surface area contributed by atoms with Crippen molar-refractivity contribution in [2.75, 3.05) is 26.3 Å². The Hall–Kier alpha value is -5.17. The standard InChI is InChI=1S/C38H34F2N4O5S/c1-24-7-10-28(11-8-24)50(47,48)44-35(29-12-9-27(39)18-34(29)40)19-31-33(23-42(3)38(46)37(31)44)30-20-36(45)41(2)22-32(30)26-6-4-5-25(17-26)21-43-13-15-49-16-14-43/h4-12,17-20,22-23H,13-16,21H2,1-3H3. The summed E-state index contributed by atoms with van der Waals surface area (Å²) in [5.74, 6) is -1.84. The van der Waals surface area contributed by atoms with E-state index in [1.807, 2.05) is 31.2 Å². The molecule has 0 aliphatic carbocycles. The second-order valence-corrected chi connectivity index (χ2v) is 14.4. The van der Waals surface area contributed by atoms with Gasteiger partial charge < -0.3 is 13.9 Å². The maximum Gasteiger partial charge on any atom is 0.275 e. The summed E-state index contributed by atoms with van der Waals surface area (Å²) >= 11 is 0. The molecule has 1 fully saturated rings. The summed E-state index contributed by atoms with van der Waals surface area (Å²) in [5, 5.41) is 0.182. The van der Waals surface area contributed by atoms with Crippen LogP contribution in [0.1, 0.15) is 11.1 Å². The van der Waals surface area contributed by atoms with Crippen molar-refractivity contribution in [3.8, 4) is 33.5 Å². The minimum atomic E-state index is -4.52. The van der Waals surface area contributed by atoms with Crippen LogP contribution >= 0.6 is 0 Å². The zero-order valence-electron chi connectivity index (χ0n) is 27.7. The van der Waals surface area contributed by atoms with E-state index < -0.39 is 27.2 Å². The van der Waals surface area contributed by atoms with E-state index in [-0.39, 0.29) is 32.6 Å². The molecule has 0 N–H and O–H groups in total. The molecule has 0 atom stereocenters. The van der Waals surface area contributed by atoms with E-state index in [9.17, 15) is 22.4 Å². The first kappa shape index (κ1) is 33.3. The van der Waals surface area contributed by atoms with Gasteiger partial charge in [0.1, 0.15) is 17.2 Å². The van der Waals surface area contributed by atoms with Crippen molar-refractivity contribution in [2.45, 2.75) is 18.4 Å². The van der Waals surface area contributed by atoms with Crippen LogP contribution in [0.25, 0.3) is 44.4 Å². The highest BCUT2D eigenvalue weighted by Gasteiger charge is 2.29. The third-order valence-corrected chi connectivity index (χ3v) is 10.9. The van der Waals surface area contributed by atoms with Crippen LogP contribution in [-0.2, 0) is 35.4 Å². The summed E-state index contributed by atoms with van der Waals surface area (Å²) in [6.45, 7) is 5.46. The van der Waals surface area contributed by atoms with Crippen molar-refractivity contribution >= 4 is 20.9 Å². The number of nitrogens with zero attached hydrogens (tertiary/aromatic N) is 4. The highest BCUT2D eigenvalue weighted by atomic mass is 32.2. The van der Waals surface area contributed by atoms with E-state index in [4.69, 9.17) is 4.74 Å². The number of halogens is 2. The largest absolute Gasteiger partial charge is 0.379 e. The molecule has 50 heavy (non-hydrogen) atoms. The molecule has 256 valence electrons. The van der Waals surface area contributed by atoms with E-state index in [1.54, 1.807) is 31.6 Å². The second kappa shape index (κ2) is 12.9. The van der Waals surface area contributed by atoms with Gasteiger partial charge in [-0.1, -0.05) is 35.9 Å². The molecule has 3 aromatic heterocycles. The Morgan fingerprint density at radius 3 is 2.22 bits per heavy atom. The van der Waals surface area contributed by atoms with Crippen molar-refractivity contribution in [3.63, 3.8) is 0 Å². The lowest BCUT2D eigenvalue weighted by Gasteiger charge is -2.26. The van der Waals surface area contributed by atoms with Crippen molar-refractivity contribution in [1.82, 2.24) is 18.0 Å². The zero-order chi connectivity index (χ0) is 35.3. The van der Waals surface area contributed by atoms with E-state index >= 15 is 4.39 Å². The molecule has 0 bridgehead atoms. The molecule has 7 rings (SSSR count). The molecular formula is C38H34F2N4O5S. The summed E-state index contributed by atoms with van der Waals surface area (Å²) in [6, 6.07) is 19.7. The van der Waals surface area contributed by atoms with Crippen LogP contribution < -0.4 is 11.1 Å². The maximum absolute atomic E-state index is 15.5. The van der Waals surface area contributed by atoms with Crippen molar-refractivity contribution in [2.24, 2.45) is 14.1 Å². The van der Waals surface area contributed by atoms with Gasteiger partial charge in [0.15, 0.2) is 0 Å². The number of ether oxygens (including phenoxy) is 1. The number of hydrogen-bond acceptors (Lipinski definition) is 6. The van der Waals surface area contributed by atoms with Gasteiger partial charge in [-0.05, 0) is 60.0 Å². The lowest BCUT2D eigenvalue weighted by molar-refractivity contribution is 0.0342. The molecule has 9 nitrogen and oxygen atoms in total. The minimum absolute atomic E-state index is 0.122. The normalized spacial score (nSPS) is 14.0. The van der Waals surface area contributed by atoms with Crippen molar-refractivity contribution < 1.29 is 21.9 Å². The quantitative estimate of drug-likeness (QED) is 0.213. The lowest BCUT2D eigenvalue weighted by Crippen LogP contribution is -2.35. The third-order valence-electron chi connectivity index (χ3n) is 9.13. The number of benzene rings is 3. The Morgan fingerprint density at radius 1 is 0.780 bits per heavy atom. The molecule has 0 spiro atoms. The van der Waals surface area contributed by atoms with Crippen molar-refractivity contribution in [1.29, 1.82) is 0 Å². The Labute approximate surface area is 287 Å². The van der Waals surface area contributed by atoms with Gasteiger partial charge in [-0.15, -0.1) is 0 Å². The van der Waals surface area contributed by atoms with E-state index in [0.717, 1.165) is 45.9 Å². The van der Waals surface area contributed by atoms with Gasteiger partial charge in [-0.25, -0.2) is 21.2 Å². The monoisotopic (exact) mass is 696 g/mol. The maximum atomic E-state index is 15.5. The number of aryl methyl sites for hydroxylation is 3. The van der Waals surface area contributed by atoms with E-state index in [2.05, 4.69) is 4.90 Å². The van der Waals surface area contributed by atoms with Gasteiger partial charge in [0.2, 0.25) is 0 Å². The van der Waals surface area contributed by atoms with Gasteiger partial charge >= 0.3 is 0 Å². The summed E-state index contributed by atoms with van der Waals surface area (Å²) in [4.78, 5) is 29.4. The number of pyridine rings is 2. The summed E-state index contributed by atoms with van der Waals surface area (Å²) in [5.41, 5.74) is 2.57. The highest BCUT2D eigenvalue weighted by molar-refractivity contribution is 7.90. The predicted octanol–water partition coefficient (Wildman–Crippen LogP) is 5.70. The zero-order valence-corrected chi connectivity index (χ0v) is 28.5. The number of fused-ring (bicyclic) bond motifs is 1. The van der Waals surface area contributed by atoms with Crippen molar-refractivity contribution in [3.05, 3.63) is 135 Å². The Kier molecular flexibility index (Phi) is 8.63. The SMILES string of the molecule is Cc1ccc(S(=O)(=O)n2c(-c3ccc(F)cc3F)cc3c(-c4cc(=O)n(C)cc4-c4cccc(CN5CCOCC5)c4)cn(C)c(=O)c32)cc1. The fourth-order valence-electron chi connectivity index (χ4n) is 6.49. The molecule has 0 unspecified atom stereocenters. The predicted molar refractivity (Wildman–Crippen MR) is 189 cm³/mol. The molecule has 4 heterocycles. The topological polar surface area (TPSA) is 95.5 Å². The van der Waals surface area contributed by atoms with Crippen LogP contribution in [0.2, 0.25) is 0 Å². The summed E-state index contributed by atoms with van der Waals surface area (Å²) in [7, 11) is -1.38. The van der Waals surface area contributed by atoms with Gasteiger partial charge in [0.25, 0.3) is 21.1 Å². The third kappa shape index (κ3) is 5.99. The van der Waals surface area contributed by atoms with Gasteiger partial charge in [-0.2, -0.15) is 0 Å². The first-order valence-corrected chi connectivity index (χ1v) is 17.5. The minimum Gasteiger partial charge on any atom is -0.379 e. The van der Waals surface area contributed by atoms with E-state index in [0.29, 0.717) is 42.5 Å². The number of aromatic nitrogens is 3. The molecule has 1 saturated heterocycles. The Bertz CT molecular complexity index is 2510. The van der Waals surface area contributed by atoms with Crippen LogP contribution in [0.3, 0.4) is 0 Å². The fourth-order valence-corrected chi connectivity index (χ4v) is 8.01. The molecule has 0 radical (unpaired) electrons. The molecule has 12 heteroatoms. The number of morpholine rings is 1. The highest BCUT2D eigenvalue weighted by Crippen LogP contribution is 2.40. The smallest absolute Gasteiger partial charge is 0.275 e. The van der Waals surface area contributed by atoms with Crippen LogP contribution in [0.5, 0.6) is 0 Å². The first-order valence-electron chi connectivity index (χ1n) is 16.1. The summed E-state index contributed by atoms with van der Waals surface area (Å²) < 4.78 is 67.5. The van der Waals surface area contributed by atoms with Gasteiger partial charge in [-0.3, -0.25) is 14.5 Å².